The van der Waals surface area contributed by atoms with Crippen molar-refractivity contribution in [3.8, 4) is 5.75 Å². The van der Waals surface area contributed by atoms with Gasteiger partial charge in [-0.1, -0.05) is 0 Å². The molecular weight excluding hydrogens is 220 g/mol. The van der Waals surface area contributed by atoms with Gasteiger partial charge in [-0.2, -0.15) is 0 Å². The molecule has 0 saturated heterocycles. The van der Waals surface area contributed by atoms with Crippen molar-refractivity contribution in [3.63, 3.8) is 0 Å². The van der Waals surface area contributed by atoms with E-state index in [9.17, 15) is 0 Å². The first-order valence-electron chi connectivity index (χ1n) is 5.04. The van der Waals surface area contributed by atoms with E-state index < -0.39 is 0 Å². The molecule has 2 rings (SSSR count). The minimum absolute atomic E-state index is 0.526. The molecular formula is C12H14N2OS. The monoisotopic (exact) mass is 234 g/mol. The Morgan fingerprint density at radius 1 is 1.44 bits per heavy atom. The third kappa shape index (κ3) is 2.58. The largest absolute Gasteiger partial charge is 0.487 e. The van der Waals surface area contributed by atoms with Crippen LogP contribution in [0.3, 0.4) is 0 Å². The van der Waals surface area contributed by atoms with E-state index in [1.165, 1.54) is 10.5 Å². The molecule has 0 fully saturated rings. The lowest BCUT2D eigenvalue weighted by Crippen LogP contribution is -1.95. The van der Waals surface area contributed by atoms with Crippen LogP contribution in [0, 0.1) is 6.92 Å². The quantitative estimate of drug-likeness (QED) is 0.826. The molecule has 3 nitrogen and oxygen atoms in total. The van der Waals surface area contributed by atoms with Crippen molar-refractivity contribution in [1.29, 1.82) is 0 Å². The van der Waals surface area contributed by atoms with Gasteiger partial charge in [-0.15, -0.1) is 11.8 Å². The number of nitrogens with one attached hydrogen (secondary N) is 1. The third-order valence-corrected chi connectivity index (χ3v) is 3.21. The number of rotatable bonds is 4. The van der Waals surface area contributed by atoms with Crippen molar-refractivity contribution in [3.05, 3.63) is 42.0 Å². The van der Waals surface area contributed by atoms with Crippen molar-refractivity contribution in [2.45, 2.75) is 18.4 Å². The van der Waals surface area contributed by atoms with Crippen LogP contribution < -0.4 is 4.74 Å². The molecule has 0 bridgehead atoms. The number of aryl methyl sites for hydroxylation is 1. The van der Waals surface area contributed by atoms with E-state index >= 15 is 0 Å². The fourth-order valence-corrected chi connectivity index (χ4v) is 2.05. The highest BCUT2D eigenvalue weighted by Crippen LogP contribution is 2.24. The highest BCUT2D eigenvalue weighted by molar-refractivity contribution is 7.98. The van der Waals surface area contributed by atoms with Gasteiger partial charge < -0.3 is 9.72 Å². The van der Waals surface area contributed by atoms with E-state index in [0.717, 1.165) is 11.4 Å². The summed E-state index contributed by atoms with van der Waals surface area (Å²) in [5, 5.41) is 0. The summed E-state index contributed by atoms with van der Waals surface area (Å²) in [4.78, 5) is 8.23. The van der Waals surface area contributed by atoms with Crippen LogP contribution in [0.1, 0.15) is 11.3 Å². The summed E-state index contributed by atoms with van der Waals surface area (Å²) in [6, 6.07) is 6.14. The third-order valence-electron chi connectivity index (χ3n) is 2.32. The highest BCUT2D eigenvalue weighted by atomic mass is 32.2. The van der Waals surface area contributed by atoms with Gasteiger partial charge in [-0.05, 0) is 36.9 Å². The summed E-state index contributed by atoms with van der Waals surface area (Å²) in [6.07, 6.45) is 5.50. The first kappa shape index (κ1) is 11.1. The Balaban J connectivity index is 2.02. The maximum absolute atomic E-state index is 5.65. The van der Waals surface area contributed by atoms with Gasteiger partial charge in [0.1, 0.15) is 12.4 Å². The van der Waals surface area contributed by atoms with Crippen LogP contribution in [0.25, 0.3) is 0 Å². The second-order valence-electron chi connectivity index (χ2n) is 3.50. The Morgan fingerprint density at radius 2 is 2.31 bits per heavy atom. The predicted molar refractivity (Wildman–Crippen MR) is 65.9 cm³/mol. The van der Waals surface area contributed by atoms with Gasteiger partial charge in [0, 0.05) is 4.90 Å². The van der Waals surface area contributed by atoms with Gasteiger partial charge in [0.15, 0.2) is 0 Å². The summed E-state index contributed by atoms with van der Waals surface area (Å²) in [6.45, 7) is 2.62. The molecule has 0 unspecified atom stereocenters. The first-order valence-corrected chi connectivity index (χ1v) is 6.27. The van der Waals surface area contributed by atoms with Crippen molar-refractivity contribution in [2.75, 3.05) is 6.26 Å². The number of aromatic nitrogens is 2. The van der Waals surface area contributed by atoms with Crippen LogP contribution in [0.5, 0.6) is 5.75 Å². The molecule has 2 aromatic rings. The number of thioether (sulfide) groups is 1. The molecule has 0 aliphatic carbocycles. The van der Waals surface area contributed by atoms with Crippen LogP contribution in [0.4, 0.5) is 0 Å². The summed E-state index contributed by atoms with van der Waals surface area (Å²) in [5.41, 5.74) is 2.22. The Morgan fingerprint density at radius 3 is 2.94 bits per heavy atom. The smallest absolute Gasteiger partial charge is 0.130 e. The number of imidazole rings is 1. The van der Waals surface area contributed by atoms with Crippen molar-refractivity contribution in [1.82, 2.24) is 9.97 Å². The van der Waals surface area contributed by atoms with Crippen molar-refractivity contribution < 1.29 is 4.74 Å². The van der Waals surface area contributed by atoms with E-state index in [0.29, 0.717) is 6.61 Å². The van der Waals surface area contributed by atoms with Gasteiger partial charge in [-0.25, -0.2) is 4.98 Å². The van der Waals surface area contributed by atoms with E-state index in [4.69, 9.17) is 4.74 Å². The summed E-state index contributed by atoms with van der Waals surface area (Å²) in [5.74, 6) is 0.893. The molecule has 84 valence electrons. The molecule has 1 N–H and O–H groups in total. The van der Waals surface area contributed by atoms with E-state index in [1.54, 1.807) is 24.3 Å². The number of hydrogen-bond acceptors (Lipinski definition) is 3. The molecule has 0 atom stereocenters. The lowest BCUT2D eigenvalue weighted by Gasteiger charge is -2.07. The van der Waals surface area contributed by atoms with Crippen molar-refractivity contribution in [2.24, 2.45) is 0 Å². The van der Waals surface area contributed by atoms with E-state index in [-0.39, 0.29) is 0 Å². The summed E-state index contributed by atoms with van der Waals surface area (Å²) >= 11 is 1.75. The summed E-state index contributed by atoms with van der Waals surface area (Å²) in [7, 11) is 0. The van der Waals surface area contributed by atoms with E-state index in [1.807, 2.05) is 6.07 Å². The van der Waals surface area contributed by atoms with Crippen LogP contribution in [-0.2, 0) is 6.61 Å². The van der Waals surface area contributed by atoms with Crippen LogP contribution in [0.15, 0.2) is 35.6 Å². The molecule has 0 saturated carbocycles. The van der Waals surface area contributed by atoms with Gasteiger partial charge in [0.25, 0.3) is 0 Å². The minimum Gasteiger partial charge on any atom is -0.487 e. The zero-order valence-electron chi connectivity index (χ0n) is 9.36. The second kappa shape index (κ2) is 5.07. The minimum atomic E-state index is 0.526. The van der Waals surface area contributed by atoms with Gasteiger partial charge in [0.05, 0.1) is 18.2 Å². The lowest BCUT2D eigenvalue weighted by molar-refractivity contribution is 0.301. The maximum atomic E-state index is 5.65. The Hall–Kier alpha value is -1.42. The highest BCUT2D eigenvalue weighted by Gasteiger charge is 2.00. The number of ether oxygens (including phenoxy) is 1. The molecule has 16 heavy (non-hydrogen) atoms. The molecule has 1 aromatic carbocycles. The van der Waals surface area contributed by atoms with Crippen molar-refractivity contribution >= 4 is 11.8 Å². The Kier molecular flexibility index (Phi) is 3.51. The van der Waals surface area contributed by atoms with Crippen LogP contribution in [-0.4, -0.2) is 16.2 Å². The SMILES string of the molecule is CSc1ccc(OCc2cnc[nH]2)cc1C. The topological polar surface area (TPSA) is 37.9 Å². The molecule has 0 amide bonds. The number of aromatic amines is 1. The summed E-state index contributed by atoms with van der Waals surface area (Å²) < 4.78 is 5.65. The molecule has 0 spiro atoms. The molecule has 1 heterocycles. The first-order chi connectivity index (χ1) is 7.79. The zero-order valence-corrected chi connectivity index (χ0v) is 10.2. The fourth-order valence-electron chi connectivity index (χ4n) is 1.47. The number of benzene rings is 1. The zero-order chi connectivity index (χ0) is 11.4. The second-order valence-corrected chi connectivity index (χ2v) is 4.35. The average molecular weight is 234 g/mol. The van der Waals surface area contributed by atoms with Gasteiger partial charge >= 0.3 is 0 Å². The van der Waals surface area contributed by atoms with Crippen LogP contribution in [0.2, 0.25) is 0 Å². The lowest BCUT2D eigenvalue weighted by atomic mass is 10.2. The Bertz CT molecular complexity index is 454. The molecule has 0 aliphatic rings. The molecule has 4 heteroatoms. The molecule has 0 radical (unpaired) electrons. The van der Waals surface area contributed by atoms with Gasteiger partial charge in [-0.3, -0.25) is 0 Å². The number of hydrogen-bond donors (Lipinski definition) is 1. The number of H-pyrrole nitrogens is 1. The number of nitrogens with zero attached hydrogens (tertiary/aromatic N) is 1. The predicted octanol–water partition coefficient (Wildman–Crippen LogP) is 3.02. The molecule has 0 aliphatic heterocycles. The standard InChI is InChI=1S/C12H14N2OS/c1-9-5-11(3-4-12(9)16-2)15-7-10-6-13-8-14-10/h3-6,8H,7H2,1-2H3,(H,13,14). The van der Waals surface area contributed by atoms with E-state index in [2.05, 4.69) is 35.3 Å². The average Bonchev–Trinajstić information content (AvgIpc) is 2.79. The molecule has 1 aromatic heterocycles. The maximum Gasteiger partial charge on any atom is 0.130 e. The Labute approximate surface area is 99.2 Å². The normalized spacial score (nSPS) is 10.4. The van der Waals surface area contributed by atoms with Gasteiger partial charge in [0.2, 0.25) is 0 Å². The fraction of sp³-hybridized carbons (Fsp3) is 0.250. The van der Waals surface area contributed by atoms with Crippen LogP contribution >= 0.6 is 11.8 Å².